The highest BCUT2D eigenvalue weighted by Gasteiger charge is 1.95. The highest BCUT2D eigenvalue weighted by molar-refractivity contribution is 5.31. The van der Waals surface area contributed by atoms with Crippen molar-refractivity contribution >= 4 is 0 Å². The van der Waals surface area contributed by atoms with Gasteiger partial charge in [0.05, 0.1) is 5.70 Å². The van der Waals surface area contributed by atoms with Crippen LogP contribution in [0, 0.1) is 0 Å². The maximum absolute atomic E-state index is 4.03. The lowest BCUT2D eigenvalue weighted by atomic mass is 10.1. The van der Waals surface area contributed by atoms with Crippen molar-refractivity contribution in [3.05, 3.63) is 35.6 Å². The van der Waals surface area contributed by atoms with Gasteiger partial charge in [0.15, 0.2) is 0 Å². The van der Waals surface area contributed by atoms with Crippen LogP contribution in [0.1, 0.15) is 19.8 Å². The molecule has 0 unspecified atom stereocenters. The van der Waals surface area contributed by atoms with Crippen LogP contribution in [0.5, 0.6) is 0 Å². The van der Waals surface area contributed by atoms with Gasteiger partial charge in [-0.2, -0.15) is 10.2 Å². The van der Waals surface area contributed by atoms with Crippen LogP contribution in [0.4, 0.5) is 0 Å². The van der Waals surface area contributed by atoms with Crippen LogP contribution in [0.2, 0.25) is 0 Å². The van der Waals surface area contributed by atoms with E-state index in [0.29, 0.717) is 0 Å². The Labute approximate surface area is 73.4 Å². The molecule has 0 fully saturated rings. The highest BCUT2D eigenvalue weighted by Crippen LogP contribution is 2.13. The predicted octanol–water partition coefficient (Wildman–Crippen LogP) is 3.25. The van der Waals surface area contributed by atoms with Gasteiger partial charge in [0, 0.05) is 7.05 Å². The Morgan fingerprint density at radius 3 is 2.50 bits per heavy atom. The SMILES string of the molecule is CN=NC1=C(C)/C=C/CC/C=C\1. The van der Waals surface area contributed by atoms with E-state index in [4.69, 9.17) is 0 Å². The van der Waals surface area contributed by atoms with Gasteiger partial charge in [0.25, 0.3) is 0 Å². The molecule has 0 aliphatic heterocycles. The molecule has 1 rings (SSSR count). The number of azo groups is 1. The molecule has 2 nitrogen and oxygen atoms in total. The highest BCUT2D eigenvalue weighted by atomic mass is 15.1. The van der Waals surface area contributed by atoms with Gasteiger partial charge < -0.3 is 0 Å². The summed E-state index contributed by atoms with van der Waals surface area (Å²) in [4.78, 5) is 0. The molecule has 1 aliphatic rings. The van der Waals surface area contributed by atoms with Gasteiger partial charge in [-0.25, -0.2) is 0 Å². The van der Waals surface area contributed by atoms with Gasteiger partial charge in [-0.15, -0.1) is 0 Å². The first kappa shape index (κ1) is 8.91. The molecule has 64 valence electrons. The smallest absolute Gasteiger partial charge is 0.0878 e. The first-order chi connectivity index (χ1) is 5.84. The average molecular weight is 162 g/mol. The minimum atomic E-state index is 0.966. The maximum Gasteiger partial charge on any atom is 0.0878 e. The van der Waals surface area contributed by atoms with Gasteiger partial charge in [0.1, 0.15) is 0 Å². The molecule has 0 amide bonds. The van der Waals surface area contributed by atoms with E-state index in [1.807, 2.05) is 6.08 Å². The van der Waals surface area contributed by atoms with Crippen molar-refractivity contribution in [3.8, 4) is 0 Å². The van der Waals surface area contributed by atoms with Crippen molar-refractivity contribution < 1.29 is 0 Å². The Morgan fingerprint density at radius 2 is 1.83 bits per heavy atom. The molecule has 0 aromatic carbocycles. The lowest BCUT2D eigenvalue weighted by molar-refractivity contribution is 1.02. The van der Waals surface area contributed by atoms with E-state index in [1.54, 1.807) is 7.05 Å². The molecule has 0 spiro atoms. The first-order valence-corrected chi connectivity index (χ1v) is 4.18. The van der Waals surface area contributed by atoms with E-state index < -0.39 is 0 Å². The summed E-state index contributed by atoms with van der Waals surface area (Å²) in [5.41, 5.74) is 2.14. The molecule has 1 aliphatic carbocycles. The van der Waals surface area contributed by atoms with E-state index in [9.17, 15) is 0 Å². The summed E-state index contributed by atoms with van der Waals surface area (Å²) in [6, 6.07) is 0. The zero-order valence-electron chi connectivity index (χ0n) is 7.62. The molecule has 0 aromatic heterocycles. The standard InChI is InChI=1S/C10H14N2/c1-9-7-5-3-4-6-8-10(9)12-11-2/h5-8H,3-4H2,1-2H3/b7-5+,8-6-,10-9+,12-11?. The van der Waals surface area contributed by atoms with Gasteiger partial charge in [0.2, 0.25) is 0 Å². The summed E-state index contributed by atoms with van der Waals surface area (Å²) in [7, 11) is 1.69. The summed E-state index contributed by atoms with van der Waals surface area (Å²) >= 11 is 0. The molecule has 0 atom stereocenters. The van der Waals surface area contributed by atoms with Crippen molar-refractivity contribution in [2.45, 2.75) is 19.8 Å². The Bertz CT molecular complexity index is 257. The second kappa shape index (κ2) is 4.65. The summed E-state index contributed by atoms with van der Waals surface area (Å²) in [6.07, 6.45) is 10.7. The minimum absolute atomic E-state index is 0.966. The number of allylic oxidation sites excluding steroid dienone is 5. The number of rotatable bonds is 1. The van der Waals surface area contributed by atoms with Crippen molar-refractivity contribution in [2.75, 3.05) is 7.05 Å². The molecular weight excluding hydrogens is 148 g/mol. The van der Waals surface area contributed by atoms with Gasteiger partial charge in [-0.05, 0) is 31.4 Å². The fraction of sp³-hybridized carbons (Fsp3) is 0.400. The van der Waals surface area contributed by atoms with E-state index in [0.717, 1.165) is 18.5 Å². The summed E-state index contributed by atoms with van der Waals surface area (Å²) in [5, 5.41) is 7.80. The van der Waals surface area contributed by atoms with Gasteiger partial charge in [-0.3, -0.25) is 0 Å². The normalized spacial score (nSPS) is 29.8. The lowest BCUT2D eigenvalue weighted by Gasteiger charge is -2.00. The topological polar surface area (TPSA) is 24.7 Å². The van der Waals surface area contributed by atoms with Crippen molar-refractivity contribution in [2.24, 2.45) is 10.2 Å². The van der Waals surface area contributed by atoms with Crippen LogP contribution in [-0.2, 0) is 0 Å². The predicted molar refractivity (Wildman–Crippen MR) is 51.0 cm³/mol. The van der Waals surface area contributed by atoms with Crippen molar-refractivity contribution in [1.29, 1.82) is 0 Å². The largest absolute Gasteiger partial charge is 0.192 e. The van der Waals surface area contributed by atoms with Crippen molar-refractivity contribution in [3.63, 3.8) is 0 Å². The van der Waals surface area contributed by atoms with Crippen LogP contribution in [0.15, 0.2) is 45.8 Å². The molecule has 0 saturated carbocycles. The summed E-state index contributed by atoms with van der Waals surface area (Å²) in [5.74, 6) is 0. The Balaban J connectivity index is 2.93. The molecule has 12 heavy (non-hydrogen) atoms. The third kappa shape index (κ3) is 2.46. The van der Waals surface area contributed by atoms with Crippen LogP contribution in [0.3, 0.4) is 0 Å². The minimum Gasteiger partial charge on any atom is -0.192 e. The molecule has 0 aromatic rings. The number of hydrogen-bond donors (Lipinski definition) is 0. The fourth-order valence-corrected chi connectivity index (χ4v) is 1.08. The Morgan fingerprint density at radius 1 is 1.17 bits per heavy atom. The summed E-state index contributed by atoms with van der Waals surface area (Å²) < 4.78 is 0. The molecule has 0 radical (unpaired) electrons. The van der Waals surface area contributed by atoms with Crippen LogP contribution < -0.4 is 0 Å². The maximum atomic E-state index is 4.03. The number of nitrogens with zero attached hydrogens (tertiary/aromatic N) is 2. The van der Waals surface area contributed by atoms with Gasteiger partial charge in [-0.1, -0.05) is 18.2 Å². The molecule has 0 bridgehead atoms. The average Bonchev–Trinajstić information content (AvgIpc) is 2.05. The third-order valence-corrected chi connectivity index (χ3v) is 1.76. The van der Waals surface area contributed by atoms with E-state index in [-0.39, 0.29) is 0 Å². The molecule has 0 heterocycles. The number of hydrogen-bond acceptors (Lipinski definition) is 2. The van der Waals surface area contributed by atoms with E-state index in [1.165, 1.54) is 5.57 Å². The van der Waals surface area contributed by atoms with E-state index in [2.05, 4.69) is 35.4 Å². The van der Waals surface area contributed by atoms with E-state index >= 15 is 0 Å². The van der Waals surface area contributed by atoms with Crippen LogP contribution in [-0.4, -0.2) is 7.05 Å². The Kier molecular flexibility index (Phi) is 3.45. The summed E-state index contributed by atoms with van der Waals surface area (Å²) in [6.45, 7) is 2.05. The van der Waals surface area contributed by atoms with Crippen molar-refractivity contribution in [1.82, 2.24) is 0 Å². The second-order valence-electron chi connectivity index (χ2n) is 2.75. The van der Waals surface area contributed by atoms with Gasteiger partial charge >= 0.3 is 0 Å². The molecule has 0 N–H and O–H groups in total. The van der Waals surface area contributed by atoms with Crippen LogP contribution in [0.25, 0.3) is 0 Å². The second-order valence-corrected chi connectivity index (χ2v) is 2.75. The zero-order chi connectivity index (χ0) is 8.81. The molecule has 2 heteroatoms. The lowest BCUT2D eigenvalue weighted by Crippen LogP contribution is -1.81. The first-order valence-electron chi connectivity index (χ1n) is 4.18. The van der Waals surface area contributed by atoms with Crippen LogP contribution >= 0.6 is 0 Å². The quantitative estimate of drug-likeness (QED) is 0.529. The molecule has 0 saturated heterocycles. The molecular formula is C10H14N2. The monoisotopic (exact) mass is 162 g/mol. The third-order valence-electron chi connectivity index (χ3n) is 1.76. The Hall–Kier alpha value is -1.18. The zero-order valence-corrected chi connectivity index (χ0v) is 7.62. The fourth-order valence-electron chi connectivity index (χ4n) is 1.08.